The summed E-state index contributed by atoms with van der Waals surface area (Å²) in [4.78, 5) is 22.2. The van der Waals surface area contributed by atoms with E-state index in [1.54, 1.807) is 6.20 Å². The van der Waals surface area contributed by atoms with Gasteiger partial charge in [-0.2, -0.15) is 0 Å². The van der Waals surface area contributed by atoms with Crippen molar-refractivity contribution in [2.24, 2.45) is 5.73 Å². The molecule has 0 aromatic carbocycles. The molecule has 0 unspecified atom stereocenters. The number of ether oxygens (including phenoxy) is 1. The van der Waals surface area contributed by atoms with Crippen LogP contribution < -0.4 is 15.9 Å². The number of nitrogens with zero attached hydrogens (tertiary/aromatic N) is 1. The van der Waals surface area contributed by atoms with Crippen molar-refractivity contribution in [1.29, 1.82) is 0 Å². The summed E-state index contributed by atoms with van der Waals surface area (Å²) in [7, 11) is 0. The minimum Gasteiger partial charge on any atom is -0.487 e. The molecular formula is C11H15ClN2O3. The first-order chi connectivity index (χ1) is 8.08. The Morgan fingerprint density at radius 1 is 1.59 bits per heavy atom. The van der Waals surface area contributed by atoms with Crippen LogP contribution >= 0.6 is 11.6 Å². The fraction of sp³-hybridized carbons (Fsp3) is 0.455. The summed E-state index contributed by atoms with van der Waals surface area (Å²) in [5, 5.41) is 0. The predicted octanol–water partition coefficient (Wildman–Crippen LogP) is 0.861. The van der Waals surface area contributed by atoms with Crippen LogP contribution in [0.4, 0.5) is 0 Å². The van der Waals surface area contributed by atoms with Gasteiger partial charge in [0, 0.05) is 18.3 Å². The number of primary amides is 1. The third-order valence-corrected chi connectivity index (χ3v) is 2.54. The number of alkyl halides is 1. The van der Waals surface area contributed by atoms with Gasteiger partial charge in [0.1, 0.15) is 0 Å². The van der Waals surface area contributed by atoms with E-state index in [-0.39, 0.29) is 30.1 Å². The first-order valence-electron chi connectivity index (χ1n) is 5.29. The molecule has 1 amide bonds. The zero-order chi connectivity index (χ0) is 12.8. The molecule has 1 rings (SSSR count). The molecule has 0 radical (unpaired) electrons. The van der Waals surface area contributed by atoms with Crippen molar-refractivity contribution in [2.45, 2.75) is 25.8 Å². The zero-order valence-corrected chi connectivity index (χ0v) is 10.4. The molecule has 1 aromatic heterocycles. The number of hydrogen-bond donors (Lipinski definition) is 1. The minimum absolute atomic E-state index is 0.0861. The molecule has 1 heterocycles. The zero-order valence-electron chi connectivity index (χ0n) is 9.61. The number of carbonyl (C=O) groups excluding carboxylic acids is 1. The summed E-state index contributed by atoms with van der Waals surface area (Å²) < 4.78 is 7.04. The Labute approximate surface area is 104 Å². The Hall–Kier alpha value is -1.49. The second kappa shape index (κ2) is 6.30. The second-order valence-electron chi connectivity index (χ2n) is 3.48. The van der Waals surface area contributed by atoms with E-state index in [1.807, 2.05) is 11.5 Å². The highest BCUT2D eigenvalue weighted by Crippen LogP contribution is 2.09. The van der Waals surface area contributed by atoms with E-state index >= 15 is 0 Å². The van der Waals surface area contributed by atoms with Crippen LogP contribution in [-0.4, -0.2) is 17.1 Å². The Morgan fingerprint density at radius 2 is 2.29 bits per heavy atom. The molecule has 5 nitrogen and oxygen atoms in total. The van der Waals surface area contributed by atoms with Crippen molar-refractivity contribution in [1.82, 2.24) is 4.57 Å². The third kappa shape index (κ3) is 3.78. The maximum absolute atomic E-state index is 11.6. The fourth-order valence-corrected chi connectivity index (χ4v) is 1.60. The number of rotatable bonds is 6. The summed E-state index contributed by atoms with van der Waals surface area (Å²) in [5.41, 5.74) is 5.47. The molecule has 6 heteroatoms. The Balaban J connectivity index is 2.85. The molecule has 0 aliphatic carbocycles. The van der Waals surface area contributed by atoms with Gasteiger partial charge in [0.2, 0.25) is 11.3 Å². The predicted molar refractivity (Wildman–Crippen MR) is 65.2 cm³/mol. The highest BCUT2D eigenvalue weighted by Gasteiger charge is 2.06. The van der Waals surface area contributed by atoms with E-state index in [4.69, 9.17) is 22.1 Å². The average Bonchev–Trinajstić information content (AvgIpc) is 2.30. The first-order valence-corrected chi connectivity index (χ1v) is 5.82. The molecule has 0 aliphatic rings. The number of carbonyl (C=O) groups is 1. The summed E-state index contributed by atoms with van der Waals surface area (Å²) in [6.45, 7) is 2.73. The number of nitrogens with two attached hydrogens (primary N) is 1. The standard InChI is InChI=1S/C11H15ClN2O3/c1-2-14-7-10(17-4-3-11(13)16)9(15)5-8(14)6-12/h5,7H,2-4,6H2,1H3,(H2,13,16). The number of hydrogen-bond acceptors (Lipinski definition) is 3. The summed E-state index contributed by atoms with van der Waals surface area (Å²) in [6.07, 6.45) is 1.68. The lowest BCUT2D eigenvalue weighted by Crippen LogP contribution is -2.18. The molecule has 0 saturated carbocycles. The molecule has 0 saturated heterocycles. The van der Waals surface area contributed by atoms with Crippen LogP contribution in [0.25, 0.3) is 0 Å². The molecule has 94 valence electrons. The lowest BCUT2D eigenvalue weighted by atomic mass is 10.3. The topological polar surface area (TPSA) is 74.3 Å². The smallest absolute Gasteiger partial charge is 0.223 e. The fourth-order valence-electron chi connectivity index (χ4n) is 1.37. The van der Waals surface area contributed by atoms with E-state index in [9.17, 15) is 9.59 Å². The molecule has 0 aliphatic heterocycles. The molecule has 0 bridgehead atoms. The number of amides is 1. The van der Waals surface area contributed by atoms with Crippen molar-refractivity contribution in [3.8, 4) is 5.75 Å². The van der Waals surface area contributed by atoms with Crippen molar-refractivity contribution in [2.75, 3.05) is 6.61 Å². The lowest BCUT2D eigenvalue weighted by Gasteiger charge is -2.11. The van der Waals surface area contributed by atoms with Crippen LogP contribution in [0.5, 0.6) is 5.75 Å². The van der Waals surface area contributed by atoms with Gasteiger partial charge in [0.05, 0.1) is 25.1 Å². The first kappa shape index (κ1) is 13.6. The van der Waals surface area contributed by atoms with Gasteiger partial charge in [-0.3, -0.25) is 9.59 Å². The van der Waals surface area contributed by atoms with Crippen LogP contribution in [0.2, 0.25) is 0 Å². The lowest BCUT2D eigenvalue weighted by molar-refractivity contribution is -0.118. The Bertz CT molecular complexity index is 457. The van der Waals surface area contributed by atoms with Crippen LogP contribution in [0, 0.1) is 0 Å². The molecule has 0 spiro atoms. The Morgan fingerprint density at radius 3 is 2.82 bits per heavy atom. The van der Waals surface area contributed by atoms with Crippen molar-refractivity contribution >= 4 is 17.5 Å². The molecule has 0 fully saturated rings. The van der Waals surface area contributed by atoms with Crippen LogP contribution in [-0.2, 0) is 17.2 Å². The average molecular weight is 259 g/mol. The summed E-state index contributed by atoms with van der Waals surface area (Å²) >= 11 is 5.72. The number of aryl methyl sites for hydroxylation is 1. The van der Waals surface area contributed by atoms with E-state index in [1.165, 1.54) is 6.07 Å². The quantitative estimate of drug-likeness (QED) is 0.769. The molecule has 2 N–H and O–H groups in total. The van der Waals surface area contributed by atoms with Gasteiger partial charge in [-0.05, 0) is 6.92 Å². The summed E-state index contributed by atoms with van der Waals surface area (Å²) in [5.74, 6) is 0.0186. The van der Waals surface area contributed by atoms with E-state index in [0.29, 0.717) is 6.54 Å². The van der Waals surface area contributed by atoms with Crippen molar-refractivity contribution in [3.63, 3.8) is 0 Å². The minimum atomic E-state index is -0.460. The number of aromatic nitrogens is 1. The molecule has 0 atom stereocenters. The monoisotopic (exact) mass is 258 g/mol. The largest absolute Gasteiger partial charge is 0.487 e. The van der Waals surface area contributed by atoms with Crippen molar-refractivity contribution in [3.05, 3.63) is 28.2 Å². The van der Waals surface area contributed by atoms with Gasteiger partial charge in [-0.15, -0.1) is 11.6 Å². The SMILES string of the molecule is CCn1cc(OCCC(N)=O)c(=O)cc1CCl. The van der Waals surface area contributed by atoms with Crippen LogP contribution in [0.1, 0.15) is 19.0 Å². The second-order valence-corrected chi connectivity index (χ2v) is 3.74. The summed E-state index contributed by atoms with van der Waals surface area (Å²) in [6, 6.07) is 1.44. The van der Waals surface area contributed by atoms with Crippen LogP contribution in [0.3, 0.4) is 0 Å². The number of halogens is 1. The van der Waals surface area contributed by atoms with Gasteiger partial charge < -0.3 is 15.0 Å². The van der Waals surface area contributed by atoms with Gasteiger partial charge in [0.25, 0.3) is 0 Å². The highest BCUT2D eigenvalue weighted by atomic mass is 35.5. The molecule has 17 heavy (non-hydrogen) atoms. The number of pyridine rings is 1. The van der Waals surface area contributed by atoms with Gasteiger partial charge in [-0.25, -0.2) is 0 Å². The Kier molecular flexibility index (Phi) is 5.03. The van der Waals surface area contributed by atoms with Crippen LogP contribution in [0.15, 0.2) is 17.1 Å². The van der Waals surface area contributed by atoms with Gasteiger partial charge >= 0.3 is 0 Å². The van der Waals surface area contributed by atoms with E-state index in [0.717, 1.165) is 5.69 Å². The normalized spacial score (nSPS) is 10.2. The van der Waals surface area contributed by atoms with E-state index < -0.39 is 5.91 Å². The van der Waals surface area contributed by atoms with E-state index in [2.05, 4.69) is 0 Å². The molecular weight excluding hydrogens is 244 g/mol. The highest BCUT2D eigenvalue weighted by molar-refractivity contribution is 6.16. The third-order valence-electron chi connectivity index (χ3n) is 2.27. The van der Waals surface area contributed by atoms with Crippen molar-refractivity contribution < 1.29 is 9.53 Å². The van der Waals surface area contributed by atoms with Gasteiger partial charge in [-0.1, -0.05) is 0 Å². The maximum Gasteiger partial charge on any atom is 0.223 e. The van der Waals surface area contributed by atoms with Gasteiger partial charge in [0.15, 0.2) is 5.75 Å². The maximum atomic E-state index is 11.6. The molecule has 1 aromatic rings.